The van der Waals surface area contributed by atoms with Gasteiger partial charge in [0.1, 0.15) is 12.7 Å². The lowest BCUT2D eigenvalue weighted by Crippen LogP contribution is -2.33. The summed E-state index contributed by atoms with van der Waals surface area (Å²) < 4.78 is 53.2. The predicted octanol–water partition coefficient (Wildman–Crippen LogP) is 2.10. The molecular weight excluding hydrogens is 266 g/mol. The SMILES string of the molecule is NCc1ccc(C(O)COCC(F)(F)C(F)F)cc1. The number of hydrogen-bond donors (Lipinski definition) is 2. The van der Waals surface area contributed by atoms with E-state index in [1.807, 2.05) is 0 Å². The lowest BCUT2D eigenvalue weighted by Gasteiger charge is -2.17. The zero-order chi connectivity index (χ0) is 14.5. The lowest BCUT2D eigenvalue weighted by atomic mass is 10.1. The maximum atomic E-state index is 12.5. The minimum absolute atomic E-state index is 0.341. The van der Waals surface area contributed by atoms with Gasteiger partial charge in [-0.15, -0.1) is 0 Å². The third kappa shape index (κ3) is 4.77. The molecule has 0 saturated carbocycles. The summed E-state index contributed by atoms with van der Waals surface area (Å²) in [7, 11) is 0. The van der Waals surface area contributed by atoms with Crippen LogP contribution in [0.5, 0.6) is 0 Å². The lowest BCUT2D eigenvalue weighted by molar-refractivity contribution is -0.170. The van der Waals surface area contributed by atoms with E-state index < -0.39 is 31.7 Å². The predicted molar refractivity (Wildman–Crippen MR) is 61.1 cm³/mol. The Kier molecular flexibility index (Phi) is 5.71. The van der Waals surface area contributed by atoms with Crippen molar-refractivity contribution < 1.29 is 27.4 Å². The first-order valence-corrected chi connectivity index (χ1v) is 5.57. The molecule has 1 aromatic carbocycles. The number of hydrogen-bond acceptors (Lipinski definition) is 3. The molecule has 0 aromatic heterocycles. The van der Waals surface area contributed by atoms with Crippen molar-refractivity contribution in [2.45, 2.75) is 25.0 Å². The summed E-state index contributed by atoms with van der Waals surface area (Å²) >= 11 is 0. The molecule has 3 N–H and O–H groups in total. The second-order valence-corrected chi connectivity index (χ2v) is 4.04. The average Bonchev–Trinajstić information content (AvgIpc) is 2.38. The molecule has 0 saturated heterocycles. The van der Waals surface area contributed by atoms with Gasteiger partial charge in [0.05, 0.1) is 6.61 Å². The van der Waals surface area contributed by atoms with Gasteiger partial charge in [-0.25, -0.2) is 8.78 Å². The van der Waals surface area contributed by atoms with Crippen molar-refractivity contribution in [2.24, 2.45) is 5.73 Å². The number of ether oxygens (including phenoxy) is 1. The summed E-state index contributed by atoms with van der Waals surface area (Å²) in [5.74, 6) is -4.21. The summed E-state index contributed by atoms with van der Waals surface area (Å²) in [6.07, 6.45) is -4.94. The highest BCUT2D eigenvalue weighted by molar-refractivity contribution is 5.23. The van der Waals surface area contributed by atoms with Gasteiger partial charge in [-0.1, -0.05) is 24.3 Å². The first-order chi connectivity index (χ1) is 8.86. The number of nitrogens with two attached hydrogens (primary N) is 1. The molecule has 1 atom stereocenters. The topological polar surface area (TPSA) is 55.5 Å². The van der Waals surface area contributed by atoms with Crippen molar-refractivity contribution in [1.82, 2.24) is 0 Å². The molecule has 0 amide bonds. The summed E-state index contributed by atoms with van der Waals surface area (Å²) in [5, 5.41) is 9.63. The molecule has 19 heavy (non-hydrogen) atoms. The van der Waals surface area contributed by atoms with E-state index in [0.717, 1.165) is 5.56 Å². The minimum atomic E-state index is -4.21. The van der Waals surface area contributed by atoms with Crippen LogP contribution in [0.1, 0.15) is 17.2 Å². The Hall–Kier alpha value is -1.18. The Morgan fingerprint density at radius 3 is 2.26 bits per heavy atom. The summed E-state index contributed by atoms with van der Waals surface area (Å²) in [4.78, 5) is 0. The van der Waals surface area contributed by atoms with Crippen LogP contribution in [0.15, 0.2) is 24.3 Å². The molecule has 1 aromatic rings. The van der Waals surface area contributed by atoms with Crippen LogP contribution < -0.4 is 5.73 Å². The summed E-state index contributed by atoms with van der Waals surface area (Å²) in [6.45, 7) is -1.57. The third-order valence-electron chi connectivity index (χ3n) is 2.49. The average molecular weight is 281 g/mol. The molecule has 0 spiro atoms. The zero-order valence-electron chi connectivity index (χ0n) is 10.0. The van der Waals surface area contributed by atoms with E-state index in [4.69, 9.17) is 5.73 Å². The minimum Gasteiger partial charge on any atom is -0.386 e. The zero-order valence-corrected chi connectivity index (χ0v) is 10.0. The molecule has 1 unspecified atom stereocenters. The van der Waals surface area contributed by atoms with Crippen LogP contribution in [-0.2, 0) is 11.3 Å². The monoisotopic (exact) mass is 281 g/mol. The molecule has 0 radical (unpaired) electrons. The van der Waals surface area contributed by atoms with E-state index in [-0.39, 0.29) is 0 Å². The van der Waals surface area contributed by atoms with Crippen molar-refractivity contribution in [3.8, 4) is 0 Å². The Balaban J connectivity index is 2.44. The highest BCUT2D eigenvalue weighted by Gasteiger charge is 2.41. The maximum absolute atomic E-state index is 12.5. The summed E-state index contributed by atoms with van der Waals surface area (Å²) in [6, 6.07) is 6.49. The van der Waals surface area contributed by atoms with Crippen LogP contribution in [0.3, 0.4) is 0 Å². The highest BCUT2D eigenvalue weighted by Crippen LogP contribution is 2.23. The number of alkyl halides is 4. The molecular formula is C12H15F4NO2. The van der Waals surface area contributed by atoms with Crippen LogP contribution in [0.2, 0.25) is 0 Å². The third-order valence-corrected chi connectivity index (χ3v) is 2.49. The molecule has 1 rings (SSSR count). The smallest absolute Gasteiger partial charge is 0.330 e. The molecule has 7 heteroatoms. The number of benzene rings is 1. The largest absolute Gasteiger partial charge is 0.386 e. The number of halogens is 4. The molecule has 0 aliphatic carbocycles. The van der Waals surface area contributed by atoms with Gasteiger partial charge >= 0.3 is 12.3 Å². The molecule has 3 nitrogen and oxygen atoms in total. The fourth-order valence-corrected chi connectivity index (χ4v) is 1.34. The van der Waals surface area contributed by atoms with E-state index in [2.05, 4.69) is 4.74 Å². The fourth-order valence-electron chi connectivity index (χ4n) is 1.34. The molecule has 108 valence electrons. The second-order valence-electron chi connectivity index (χ2n) is 4.04. The second kappa shape index (κ2) is 6.83. The quantitative estimate of drug-likeness (QED) is 0.752. The van der Waals surface area contributed by atoms with Crippen molar-refractivity contribution in [3.05, 3.63) is 35.4 Å². The van der Waals surface area contributed by atoms with Gasteiger partial charge in [-0.2, -0.15) is 8.78 Å². The van der Waals surface area contributed by atoms with Gasteiger partial charge in [0.15, 0.2) is 0 Å². The number of aliphatic hydroxyl groups excluding tert-OH is 1. The Morgan fingerprint density at radius 2 is 1.79 bits per heavy atom. The Morgan fingerprint density at radius 1 is 1.21 bits per heavy atom. The first-order valence-electron chi connectivity index (χ1n) is 5.57. The van der Waals surface area contributed by atoms with Gasteiger partial charge in [-0.05, 0) is 11.1 Å². The molecule has 0 fully saturated rings. The van der Waals surface area contributed by atoms with E-state index in [9.17, 15) is 22.7 Å². The first kappa shape index (κ1) is 15.9. The van der Waals surface area contributed by atoms with Crippen molar-refractivity contribution in [3.63, 3.8) is 0 Å². The normalized spacial score (nSPS) is 13.8. The molecule has 0 bridgehead atoms. The van der Waals surface area contributed by atoms with Gasteiger partial charge < -0.3 is 15.6 Å². The highest BCUT2D eigenvalue weighted by atomic mass is 19.3. The van der Waals surface area contributed by atoms with Crippen LogP contribution in [0.25, 0.3) is 0 Å². The summed E-state index contributed by atoms with van der Waals surface area (Å²) in [5.41, 5.74) is 6.68. The number of aliphatic hydroxyl groups is 1. The van der Waals surface area contributed by atoms with Crippen molar-refractivity contribution in [2.75, 3.05) is 13.2 Å². The van der Waals surface area contributed by atoms with Gasteiger partial charge in [0.25, 0.3) is 0 Å². The molecule has 0 heterocycles. The van der Waals surface area contributed by atoms with E-state index in [0.29, 0.717) is 12.1 Å². The van der Waals surface area contributed by atoms with Gasteiger partial charge in [-0.3, -0.25) is 0 Å². The standard InChI is InChI=1S/C12H15F4NO2/c13-11(14)12(15,16)7-19-6-10(18)9-3-1-8(5-17)2-4-9/h1-4,10-11,18H,5-7,17H2. The van der Waals surface area contributed by atoms with Gasteiger partial charge in [0, 0.05) is 6.54 Å². The van der Waals surface area contributed by atoms with Crippen LogP contribution >= 0.6 is 0 Å². The Bertz CT molecular complexity index is 384. The van der Waals surface area contributed by atoms with E-state index >= 15 is 0 Å². The number of rotatable bonds is 7. The van der Waals surface area contributed by atoms with Gasteiger partial charge in [0.2, 0.25) is 0 Å². The van der Waals surface area contributed by atoms with E-state index in [1.165, 1.54) is 0 Å². The molecule has 0 aliphatic rings. The van der Waals surface area contributed by atoms with Crippen LogP contribution in [0.4, 0.5) is 17.6 Å². The van der Waals surface area contributed by atoms with Crippen LogP contribution in [-0.4, -0.2) is 30.7 Å². The van der Waals surface area contributed by atoms with Crippen molar-refractivity contribution in [1.29, 1.82) is 0 Å². The van der Waals surface area contributed by atoms with Crippen molar-refractivity contribution >= 4 is 0 Å². The molecule has 0 aliphatic heterocycles. The fraction of sp³-hybridized carbons (Fsp3) is 0.500. The Labute approximate surface area is 108 Å². The maximum Gasteiger partial charge on any atom is 0.330 e. The van der Waals surface area contributed by atoms with Crippen LogP contribution in [0, 0.1) is 0 Å². The van der Waals surface area contributed by atoms with E-state index in [1.54, 1.807) is 24.3 Å².